The topological polar surface area (TPSA) is 24.5 Å². The molecule has 74 valence electrons. The van der Waals surface area contributed by atoms with Crippen molar-refractivity contribution >= 4 is 0 Å². The van der Waals surface area contributed by atoms with Gasteiger partial charge in [0.05, 0.1) is 12.7 Å². The quantitative estimate of drug-likeness (QED) is 0.627. The summed E-state index contributed by atoms with van der Waals surface area (Å²) in [6, 6.07) is 1.60. The highest BCUT2D eigenvalue weighted by Gasteiger charge is 2.41. The van der Waals surface area contributed by atoms with Crippen molar-refractivity contribution in [2.45, 2.75) is 37.5 Å². The molecular weight excluding hydrogens is 164 g/mol. The van der Waals surface area contributed by atoms with Gasteiger partial charge in [-0.1, -0.05) is 0 Å². The van der Waals surface area contributed by atoms with Gasteiger partial charge in [0, 0.05) is 18.6 Å². The molecule has 3 aliphatic rings. The van der Waals surface area contributed by atoms with Crippen LogP contribution in [0.5, 0.6) is 0 Å². The maximum atomic E-state index is 5.62. The largest absolute Gasteiger partial charge is 0.375 e. The molecule has 2 atom stereocenters. The number of ether oxygens (including phenoxy) is 1. The fourth-order valence-electron chi connectivity index (χ4n) is 3.01. The summed E-state index contributed by atoms with van der Waals surface area (Å²) in [5, 5.41) is 3.42. The third-order valence-electron chi connectivity index (χ3n) is 3.72. The lowest BCUT2D eigenvalue weighted by Crippen LogP contribution is -2.48. The fraction of sp³-hybridized carbons (Fsp3) is 1.00. The predicted octanol–water partition coefficient (Wildman–Crippen LogP) is 0.211. The van der Waals surface area contributed by atoms with Crippen LogP contribution in [0.2, 0.25) is 0 Å². The van der Waals surface area contributed by atoms with Gasteiger partial charge < -0.3 is 10.1 Å². The van der Waals surface area contributed by atoms with Gasteiger partial charge in [-0.05, 0) is 32.4 Å². The Morgan fingerprint density at radius 3 is 2.62 bits per heavy atom. The Labute approximate surface area is 79.4 Å². The molecule has 0 aromatic rings. The Hall–Kier alpha value is -0.120. The summed E-state index contributed by atoms with van der Waals surface area (Å²) in [6.07, 6.45) is 4.54. The SMILES string of the molecule is C1CC(N2CC3CC2CO3)CCN1. The Balaban J connectivity index is 1.65. The van der Waals surface area contributed by atoms with Crippen LogP contribution in [0.1, 0.15) is 19.3 Å². The molecule has 0 radical (unpaired) electrons. The summed E-state index contributed by atoms with van der Waals surface area (Å²) >= 11 is 0. The van der Waals surface area contributed by atoms with Crippen molar-refractivity contribution in [2.75, 3.05) is 26.2 Å². The van der Waals surface area contributed by atoms with Gasteiger partial charge in [0.2, 0.25) is 0 Å². The molecule has 3 rings (SSSR count). The summed E-state index contributed by atoms with van der Waals surface area (Å²) in [5.74, 6) is 0. The van der Waals surface area contributed by atoms with Crippen LogP contribution in [0.4, 0.5) is 0 Å². The van der Waals surface area contributed by atoms with Crippen molar-refractivity contribution < 1.29 is 4.74 Å². The zero-order valence-electron chi connectivity index (χ0n) is 8.04. The summed E-state index contributed by atoms with van der Waals surface area (Å²) in [5.41, 5.74) is 0. The van der Waals surface area contributed by atoms with E-state index in [1.807, 2.05) is 0 Å². The van der Waals surface area contributed by atoms with Gasteiger partial charge in [0.15, 0.2) is 0 Å². The fourth-order valence-corrected chi connectivity index (χ4v) is 3.01. The average molecular weight is 182 g/mol. The minimum Gasteiger partial charge on any atom is -0.375 e. The van der Waals surface area contributed by atoms with Gasteiger partial charge in [0.1, 0.15) is 0 Å². The third-order valence-corrected chi connectivity index (χ3v) is 3.72. The highest BCUT2D eigenvalue weighted by atomic mass is 16.5. The number of hydrogen-bond donors (Lipinski definition) is 1. The standard InChI is InChI=1S/C10H18N2O/c1-3-11-4-2-8(1)12-6-10-5-9(12)7-13-10/h8-11H,1-7H2. The first kappa shape index (κ1) is 8.21. The predicted molar refractivity (Wildman–Crippen MR) is 50.7 cm³/mol. The van der Waals surface area contributed by atoms with Gasteiger partial charge in [-0.25, -0.2) is 0 Å². The summed E-state index contributed by atoms with van der Waals surface area (Å²) in [4.78, 5) is 2.70. The van der Waals surface area contributed by atoms with E-state index in [0.29, 0.717) is 6.10 Å². The molecular formula is C10H18N2O. The molecule has 3 nitrogen and oxygen atoms in total. The third kappa shape index (κ3) is 1.39. The molecule has 3 aliphatic heterocycles. The maximum absolute atomic E-state index is 5.62. The van der Waals surface area contributed by atoms with Crippen LogP contribution in [0.15, 0.2) is 0 Å². The number of likely N-dealkylation sites (tertiary alicyclic amines) is 1. The first-order valence-corrected chi connectivity index (χ1v) is 5.51. The molecule has 1 N–H and O–H groups in total. The molecule has 0 aromatic carbocycles. The minimum absolute atomic E-state index is 0.569. The van der Waals surface area contributed by atoms with Gasteiger partial charge in [-0.3, -0.25) is 4.90 Å². The number of nitrogens with zero attached hydrogens (tertiary/aromatic N) is 1. The first-order valence-electron chi connectivity index (χ1n) is 5.51. The number of piperidine rings is 1. The Bertz CT molecular complexity index is 191. The van der Waals surface area contributed by atoms with Gasteiger partial charge in [0.25, 0.3) is 0 Å². The summed E-state index contributed by atoms with van der Waals surface area (Å²) in [6.45, 7) is 4.61. The minimum atomic E-state index is 0.569. The van der Waals surface area contributed by atoms with Crippen LogP contribution >= 0.6 is 0 Å². The van der Waals surface area contributed by atoms with E-state index < -0.39 is 0 Å². The molecule has 3 heterocycles. The summed E-state index contributed by atoms with van der Waals surface area (Å²) < 4.78 is 5.62. The van der Waals surface area contributed by atoms with Gasteiger partial charge >= 0.3 is 0 Å². The van der Waals surface area contributed by atoms with E-state index in [0.717, 1.165) is 18.7 Å². The van der Waals surface area contributed by atoms with E-state index in [1.165, 1.54) is 38.9 Å². The van der Waals surface area contributed by atoms with E-state index in [4.69, 9.17) is 4.74 Å². The van der Waals surface area contributed by atoms with Crippen molar-refractivity contribution in [1.29, 1.82) is 0 Å². The van der Waals surface area contributed by atoms with Crippen molar-refractivity contribution in [3.05, 3.63) is 0 Å². The second-order valence-corrected chi connectivity index (χ2v) is 4.52. The first-order chi connectivity index (χ1) is 6.43. The lowest BCUT2D eigenvalue weighted by molar-refractivity contribution is 0.00537. The van der Waals surface area contributed by atoms with E-state index in [9.17, 15) is 0 Å². The number of hydrogen-bond acceptors (Lipinski definition) is 3. The van der Waals surface area contributed by atoms with Crippen LogP contribution in [0.25, 0.3) is 0 Å². The smallest absolute Gasteiger partial charge is 0.0718 e. The van der Waals surface area contributed by atoms with E-state index in [1.54, 1.807) is 0 Å². The maximum Gasteiger partial charge on any atom is 0.0718 e. The van der Waals surface area contributed by atoms with Crippen LogP contribution in [0, 0.1) is 0 Å². The second-order valence-electron chi connectivity index (χ2n) is 4.52. The van der Waals surface area contributed by atoms with E-state index in [-0.39, 0.29) is 0 Å². The molecule has 13 heavy (non-hydrogen) atoms. The molecule has 2 unspecified atom stereocenters. The highest BCUT2D eigenvalue weighted by molar-refractivity contribution is 4.95. The van der Waals surface area contributed by atoms with Gasteiger partial charge in [-0.2, -0.15) is 0 Å². The Morgan fingerprint density at radius 1 is 1.15 bits per heavy atom. The van der Waals surface area contributed by atoms with Crippen molar-refractivity contribution in [3.8, 4) is 0 Å². The average Bonchev–Trinajstić information content (AvgIpc) is 2.80. The normalized spacial score (nSPS) is 41.5. The molecule has 2 bridgehead atoms. The Kier molecular flexibility index (Phi) is 2.04. The number of nitrogens with one attached hydrogen (secondary N) is 1. The lowest BCUT2D eigenvalue weighted by Gasteiger charge is -2.37. The Morgan fingerprint density at radius 2 is 2.00 bits per heavy atom. The molecule has 3 fully saturated rings. The van der Waals surface area contributed by atoms with E-state index >= 15 is 0 Å². The molecule has 0 aromatic heterocycles. The zero-order valence-corrected chi connectivity index (χ0v) is 8.04. The van der Waals surface area contributed by atoms with Crippen molar-refractivity contribution in [2.24, 2.45) is 0 Å². The molecule has 0 spiro atoms. The molecule has 3 saturated heterocycles. The van der Waals surface area contributed by atoms with Crippen LogP contribution in [-0.2, 0) is 4.74 Å². The van der Waals surface area contributed by atoms with Crippen molar-refractivity contribution in [1.82, 2.24) is 10.2 Å². The highest BCUT2D eigenvalue weighted by Crippen LogP contribution is 2.31. The van der Waals surface area contributed by atoms with Gasteiger partial charge in [-0.15, -0.1) is 0 Å². The second kappa shape index (κ2) is 3.23. The van der Waals surface area contributed by atoms with Crippen LogP contribution in [-0.4, -0.2) is 49.3 Å². The molecule has 3 heteroatoms. The van der Waals surface area contributed by atoms with Crippen LogP contribution in [0.3, 0.4) is 0 Å². The zero-order chi connectivity index (χ0) is 8.67. The monoisotopic (exact) mass is 182 g/mol. The molecule has 0 aliphatic carbocycles. The summed E-state index contributed by atoms with van der Waals surface area (Å²) in [7, 11) is 0. The lowest BCUT2D eigenvalue weighted by atomic mass is 10.0. The molecule has 0 amide bonds. The number of rotatable bonds is 1. The van der Waals surface area contributed by atoms with E-state index in [2.05, 4.69) is 10.2 Å². The number of fused-ring (bicyclic) bond motifs is 2. The van der Waals surface area contributed by atoms with Crippen LogP contribution < -0.4 is 5.32 Å². The number of morpholine rings is 1. The van der Waals surface area contributed by atoms with Crippen molar-refractivity contribution in [3.63, 3.8) is 0 Å². The molecule has 0 saturated carbocycles.